The van der Waals surface area contributed by atoms with Crippen molar-refractivity contribution in [3.8, 4) is 11.1 Å². The van der Waals surface area contributed by atoms with Gasteiger partial charge in [-0.2, -0.15) is 0 Å². The van der Waals surface area contributed by atoms with Gasteiger partial charge in [-0.25, -0.2) is 14.2 Å². The van der Waals surface area contributed by atoms with E-state index in [0.717, 1.165) is 60.6 Å². The first-order valence-corrected chi connectivity index (χ1v) is 12.6. The maximum atomic E-state index is 15.0. The molecule has 2 saturated heterocycles. The van der Waals surface area contributed by atoms with Crippen molar-refractivity contribution in [2.24, 2.45) is 11.3 Å². The van der Waals surface area contributed by atoms with E-state index < -0.39 is 5.82 Å². The Labute approximate surface area is 204 Å². The molecule has 8 heteroatoms. The van der Waals surface area contributed by atoms with Crippen molar-refractivity contribution in [1.29, 1.82) is 0 Å². The lowest BCUT2D eigenvalue weighted by molar-refractivity contribution is 0.123. The molecule has 0 spiro atoms. The molecule has 1 N–H and O–H groups in total. The highest BCUT2D eigenvalue weighted by Crippen LogP contribution is 2.54. The minimum Gasteiger partial charge on any atom is -0.378 e. The summed E-state index contributed by atoms with van der Waals surface area (Å²) in [5, 5.41) is 2.86. The molecule has 184 valence electrons. The summed E-state index contributed by atoms with van der Waals surface area (Å²) in [7, 11) is 0. The van der Waals surface area contributed by atoms with Crippen LogP contribution in [0, 0.1) is 24.1 Å². The van der Waals surface area contributed by atoms with Crippen molar-refractivity contribution in [3.05, 3.63) is 48.2 Å². The highest BCUT2D eigenvalue weighted by molar-refractivity contribution is 5.91. The van der Waals surface area contributed by atoms with Crippen LogP contribution in [0.15, 0.2) is 36.8 Å². The number of carbonyl (C=O) groups excluding carboxylic acids is 1. The molecule has 6 rings (SSSR count). The number of amides is 2. The second-order valence-electron chi connectivity index (χ2n) is 10.5. The first-order chi connectivity index (χ1) is 16.9. The van der Waals surface area contributed by atoms with Gasteiger partial charge in [0.2, 0.25) is 0 Å². The molecule has 0 bridgehead atoms. The zero-order valence-corrected chi connectivity index (χ0v) is 20.4. The second-order valence-corrected chi connectivity index (χ2v) is 10.5. The van der Waals surface area contributed by atoms with Crippen LogP contribution >= 0.6 is 0 Å². The predicted molar refractivity (Wildman–Crippen MR) is 134 cm³/mol. The number of rotatable bonds is 4. The maximum Gasteiger partial charge on any atom is 0.321 e. The normalized spacial score (nSPS) is 21.5. The van der Waals surface area contributed by atoms with Crippen LogP contribution < -0.4 is 10.2 Å². The molecule has 7 nitrogen and oxygen atoms in total. The van der Waals surface area contributed by atoms with Crippen LogP contribution in [-0.2, 0) is 4.74 Å². The number of anilines is 2. The van der Waals surface area contributed by atoms with E-state index in [1.807, 2.05) is 28.6 Å². The lowest BCUT2D eigenvalue weighted by atomic mass is 9.90. The molecule has 1 saturated carbocycles. The van der Waals surface area contributed by atoms with Gasteiger partial charge in [0.25, 0.3) is 0 Å². The van der Waals surface area contributed by atoms with E-state index in [4.69, 9.17) is 4.74 Å². The lowest BCUT2D eigenvalue weighted by Crippen LogP contribution is -2.36. The van der Waals surface area contributed by atoms with Crippen molar-refractivity contribution in [2.45, 2.75) is 33.1 Å². The van der Waals surface area contributed by atoms with Gasteiger partial charge in [0, 0.05) is 50.3 Å². The molecule has 3 aromatic rings. The number of imidazole rings is 1. The molecule has 4 heterocycles. The van der Waals surface area contributed by atoms with Crippen molar-refractivity contribution < 1.29 is 13.9 Å². The number of fused-ring (bicyclic) bond motifs is 1. The summed E-state index contributed by atoms with van der Waals surface area (Å²) in [6, 6.07) is 5.17. The first-order valence-electron chi connectivity index (χ1n) is 12.6. The third-order valence-electron chi connectivity index (χ3n) is 8.19. The second kappa shape index (κ2) is 8.52. The van der Waals surface area contributed by atoms with Crippen LogP contribution in [0.3, 0.4) is 0 Å². The van der Waals surface area contributed by atoms with Crippen molar-refractivity contribution >= 4 is 23.1 Å². The summed E-state index contributed by atoms with van der Waals surface area (Å²) in [5.41, 5.74) is 5.18. The van der Waals surface area contributed by atoms with Gasteiger partial charge in [0.05, 0.1) is 24.6 Å². The molecular weight excluding hydrogens is 445 g/mol. The van der Waals surface area contributed by atoms with Crippen LogP contribution in [-0.4, -0.2) is 59.7 Å². The highest BCUT2D eigenvalue weighted by atomic mass is 19.1. The number of ether oxygens (including phenoxy) is 1. The Hall–Kier alpha value is -3.13. The Morgan fingerprint density at radius 3 is 2.77 bits per heavy atom. The summed E-state index contributed by atoms with van der Waals surface area (Å²) < 4.78 is 22.5. The molecule has 0 radical (unpaired) electrons. The Morgan fingerprint density at radius 1 is 1.20 bits per heavy atom. The van der Waals surface area contributed by atoms with E-state index in [1.165, 1.54) is 18.9 Å². The van der Waals surface area contributed by atoms with Crippen LogP contribution in [0.5, 0.6) is 0 Å². The Bertz CT molecular complexity index is 1280. The number of urea groups is 1. The lowest BCUT2D eigenvalue weighted by Gasteiger charge is -2.29. The molecular formula is C27H32FN5O2. The van der Waals surface area contributed by atoms with Crippen LogP contribution in [0.1, 0.15) is 31.7 Å². The zero-order valence-electron chi connectivity index (χ0n) is 20.4. The summed E-state index contributed by atoms with van der Waals surface area (Å²) in [5.74, 6) is 0.133. The van der Waals surface area contributed by atoms with E-state index in [1.54, 1.807) is 12.3 Å². The third kappa shape index (κ3) is 4.14. The molecule has 3 fully saturated rings. The van der Waals surface area contributed by atoms with E-state index in [-0.39, 0.29) is 11.7 Å². The van der Waals surface area contributed by atoms with Gasteiger partial charge in [-0.1, -0.05) is 6.92 Å². The summed E-state index contributed by atoms with van der Waals surface area (Å²) in [6.07, 6.45) is 9.25. The average molecular weight is 478 g/mol. The fourth-order valence-electron chi connectivity index (χ4n) is 5.59. The number of nitrogens with zero attached hydrogens (tertiary/aromatic N) is 4. The van der Waals surface area contributed by atoms with Gasteiger partial charge in [-0.3, -0.25) is 0 Å². The fourth-order valence-corrected chi connectivity index (χ4v) is 5.59. The van der Waals surface area contributed by atoms with Gasteiger partial charge in [-0.15, -0.1) is 0 Å². The smallest absolute Gasteiger partial charge is 0.321 e. The number of hydrogen-bond acceptors (Lipinski definition) is 4. The number of morpholine rings is 1. The minimum atomic E-state index is -0.415. The van der Waals surface area contributed by atoms with Gasteiger partial charge in [0.15, 0.2) is 5.65 Å². The Kier molecular flexibility index (Phi) is 5.44. The quantitative estimate of drug-likeness (QED) is 0.578. The number of halogens is 1. The molecule has 1 unspecified atom stereocenters. The topological polar surface area (TPSA) is 62.1 Å². The largest absolute Gasteiger partial charge is 0.378 e. The molecule has 3 aliphatic rings. The van der Waals surface area contributed by atoms with E-state index >= 15 is 0 Å². The SMILES string of the molecule is Cc1cc(F)c(NC(=O)N2CCC(C3(C)CC3)C2)cc1-c1cc(N2CCOCC2)c2nccn2c1. The standard InChI is InChI=1S/C27H32FN5O2/c1-18-13-22(28)23(30-26(34)33-7-3-20(17-33)27(2)4-5-27)15-21(18)19-14-24(31-9-11-35-12-10-31)25-29-6-8-32(25)16-19/h6,8,13-16,20H,3-5,7,9-12,17H2,1-2H3,(H,30,34). The number of aromatic nitrogens is 2. The van der Waals surface area contributed by atoms with E-state index in [2.05, 4.69) is 28.2 Å². The first kappa shape index (κ1) is 22.3. The molecule has 1 aromatic carbocycles. The Balaban J connectivity index is 1.30. The van der Waals surface area contributed by atoms with E-state index in [0.29, 0.717) is 24.5 Å². The summed E-state index contributed by atoms with van der Waals surface area (Å²) in [6.45, 7) is 8.65. The number of nitrogens with one attached hydrogen (secondary N) is 1. The van der Waals surface area contributed by atoms with Crippen LogP contribution in [0.25, 0.3) is 16.8 Å². The number of likely N-dealkylation sites (tertiary alicyclic amines) is 1. The molecule has 1 atom stereocenters. The van der Waals surface area contributed by atoms with Gasteiger partial charge >= 0.3 is 6.03 Å². The van der Waals surface area contributed by atoms with Crippen molar-refractivity contribution in [2.75, 3.05) is 49.6 Å². The number of hydrogen-bond donors (Lipinski definition) is 1. The molecule has 1 aliphatic carbocycles. The zero-order chi connectivity index (χ0) is 24.2. The highest BCUT2D eigenvalue weighted by Gasteiger charge is 2.47. The number of aryl methyl sites for hydroxylation is 1. The Morgan fingerprint density at radius 2 is 2.00 bits per heavy atom. The van der Waals surface area contributed by atoms with Crippen molar-refractivity contribution in [1.82, 2.24) is 14.3 Å². The molecule has 35 heavy (non-hydrogen) atoms. The minimum absolute atomic E-state index is 0.218. The van der Waals surface area contributed by atoms with Gasteiger partial charge < -0.3 is 24.3 Å². The monoisotopic (exact) mass is 477 g/mol. The number of pyridine rings is 1. The summed E-state index contributed by atoms with van der Waals surface area (Å²) in [4.78, 5) is 21.7. The van der Waals surface area contributed by atoms with Crippen molar-refractivity contribution in [3.63, 3.8) is 0 Å². The van der Waals surface area contributed by atoms with Crippen LogP contribution in [0.4, 0.5) is 20.6 Å². The van der Waals surface area contributed by atoms with E-state index in [9.17, 15) is 9.18 Å². The van der Waals surface area contributed by atoms with Crippen LogP contribution in [0.2, 0.25) is 0 Å². The number of carbonyl (C=O) groups is 1. The maximum absolute atomic E-state index is 15.0. The average Bonchev–Trinajstić information content (AvgIpc) is 3.26. The number of benzene rings is 1. The summed E-state index contributed by atoms with van der Waals surface area (Å²) >= 11 is 0. The third-order valence-corrected chi connectivity index (χ3v) is 8.19. The van der Waals surface area contributed by atoms with Gasteiger partial charge in [0.1, 0.15) is 5.82 Å². The fraction of sp³-hybridized carbons (Fsp3) is 0.481. The predicted octanol–water partition coefficient (Wildman–Crippen LogP) is 4.94. The molecule has 2 aliphatic heterocycles. The molecule has 2 amide bonds. The molecule has 2 aromatic heterocycles. The van der Waals surface area contributed by atoms with Gasteiger partial charge in [-0.05, 0) is 66.8 Å².